The lowest BCUT2D eigenvalue weighted by Crippen LogP contribution is -2.00. The van der Waals surface area contributed by atoms with Gasteiger partial charge in [-0.2, -0.15) is 5.10 Å². The van der Waals surface area contributed by atoms with Crippen molar-refractivity contribution in [2.75, 3.05) is 0 Å². The van der Waals surface area contributed by atoms with Crippen molar-refractivity contribution in [1.82, 2.24) is 19.3 Å². The number of nitrogens with zero attached hydrogens (tertiary/aromatic N) is 4. The maximum atomic E-state index is 6.69. The van der Waals surface area contributed by atoms with Crippen LogP contribution in [0.1, 0.15) is 78.5 Å². The maximum Gasteiger partial charge on any atom is 0.137 e. The molecule has 48 heavy (non-hydrogen) atoms. The van der Waals surface area contributed by atoms with Crippen LogP contribution in [0.5, 0.6) is 11.5 Å². The number of rotatable bonds is 7. The van der Waals surface area contributed by atoms with Crippen LogP contribution >= 0.6 is 0 Å². The first-order valence-corrected chi connectivity index (χ1v) is 17.0. The molecule has 0 saturated heterocycles. The summed E-state index contributed by atoms with van der Waals surface area (Å²) in [6.07, 6.45) is 6.05. The summed E-state index contributed by atoms with van der Waals surface area (Å²) in [5, 5.41) is 7.22. The number of aromatic nitrogens is 4. The first kappa shape index (κ1) is 31.4. The zero-order valence-corrected chi connectivity index (χ0v) is 29.5. The van der Waals surface area contributed by atoms with Crippen molar-refractivity contribution in [3.8, 4) is 34.1 Å². The summed E-state index contributed by atoms with van der Waals surface area (Å²) in [4.78, 5) is 4.82. The van der Waals surface area contributed by atoms with Gasteiger partial charge in [0.2, 0.25) is 0 Å². The van der Waals surface area contributed by atoms with Gasteiger partial charge in [-0.15, -0.1) is 0 Å². The molecule has 7 aromatic rings. The Morgan fingerprint density at radius 3 is 2.04 bits per heavy atom. The van der Waals surface area contributed by atoms with Crippen LogP contribution in [0, 0.1) is 34.6 Å². The number of fused-ring (bicyclic) bond motifs is 3. The summed E-state index contributed by atoms with van der Waals surface area (Å²) in [6.45, 7) is 20.0. The minimum atomic E-state index is 0.318. The number of para-hydroxylation sites is 1. The third kappa shape index (κ3) is 5.37. The van der Waals surface area contributed by atoms with E-state index in [0.717, 1.165) is 39.6 Å². The molecule has 242 valence electrons. The highest BCUT2D eigenvalue weighted by Crippen LogP contribution is 2.38. The Balaban J connectivity index is 1.31. The van der Waals surface area contributed by atoms with Crippen LogP contribution in [0.4, 0.5) is 0 Å². The molecule has 0 aliphatic heterocycles. The summed E-state index contributed by atoms with van der Waals surface area (Å²) in [5.74, 6) is 3.19. The second-order valence-corrected chi connectivity index (χ2v) is 13.8. The molecule has 0 radical (unpaired) electrons. The van der Waals surface area contributed by atoms with Gasteiger partial charge >= 0.3 is 0 Å². The average molecular weight is 633 g/mol. The molecule has 0 atom stereocenters. The molecule has 5 heteroatoms. The standard InChI is InChI=1S/C43H44N4O/c1-25(2)32-16-17-44-42(20-32)47-40-13-11-10-12-38(40)39-15-14-36(22-41(39)47)48-37-19-33(26(3)4)18-35(21-37)46-24-34(23-45-46)43-30(8)28(6)27(5)29(7)31(43)9/h10-26H,1-9H3. The van der Waals surface area contributed by atoms with Crippen LogP contribution in [0.25, 0.3) is 44.4 Å². The Morgan fingerprint density at radius 1 is 0.625 bits per heavy atom. The quantitative estimate of drug-likeness (QED) is 0.176. The molecule has 0 aliphatic carbocycles. The van der Waals surface area contributed by atoms with Gasteiger partial charge < -0.3 is 4.74 Å². The van der Waals surface area contributed by atoms with Gasteiger partial charge in [0.1, 0.15) is 17.3 Å². The van der Waals surface area contributed by atoms with Gasteiger partial charge in [-0.05, 0) is 133 Å². The zero-order valence-electron chi connectivity index (χ0n) is 29.5. The van der Waals surface area contributed by atoms with Gasteiger partial charge in [-0.25, -0.2) is 9.67 Å². The number of benzene rings is 4. The predicted molar refractivity (Wildman–Crippen MR) is 200 cm³/mol. The van der Waals surface area contributed by atoms with Gasteiger partial charge in [0.25, 0.3) is 0 Å². The topological polar surface area (TPSA) is 44.9 Å². The number of hydrogen-bond donors (Lipinski definition) is 0. The lowest BCUT2D eigenvalue weighted by atomic mass is 9.87. The van der Waals surface area contributed by atoms with E-state index < -0.39 is 0 Å². The molecular weight excluding hydrogens is 589 g/mol. The highest BCUT2D eigenvalue weighted by atomic mass is 16.5. The number of ether oxygens (including phenoxy) is 1. The molecule has 5 nitrogen and oxygen atoms in total. The second kappa shape index (κ2) is 12.1. The van der Waals surface area contributed by atoms with Crippen molar-refractivity contribution in [2.24, 2.45) is 0 Å². The van der Waals surface area contributed by atoms with Crippen molar-refractivity contribution in [3.63, 3.8) is 0 Å². The molecular formula is C43H44N4O. The molecule has 0 bridgehead atoms. The van der Waals surface area contributed by atoms with Crippen LogP contribution in [0.2, 0.25) is 0 Å². The molecule has 7 rings (SSSR count). The van der Waals surface area contributed by atoms with Gasteiger partial charge in [0.05, 0.1) is 22.9 Å². The highest BCUT2D eigenvalue weighted by Gasteiger charge is 2.18. The van der Waals surface area contributed by atoms with E-state index in [1.807, 2.05) is 17.1 Å². The number of pyridine rings is 1. The van der Waals surface area contributed by atoms with E-state index >= 15 is 0 Å². The fraction of sp³-hybridized carbons (Fsp3) is 0.256. The minimum absolute atomic E-state index is 0.318. The van der Waals surface area contributed by atoms with E-state index in [1.165, 1.54) is 55.3 Å². The minimum Gasteiger partial charge on any atom is -0.457 e. The first-order valence-electron chi connectivity index (χ1n) is 17.0. The van der Waals surface area contributed by atoms with Crippen LogP contribution in [0.3, 0.4) is 0 Å². The van der Waals surface area contributed by atoms with E-state index in [-0.39, 0.29) is 0 Å². The Bertz CT molecular complexity index is 2310. The van der Waals surface area contributed by atoms with Gasteiger partial charge in [-0.1, -0.05) is 45.9 Å². The summed E-state index contributed by atoms with van der Waals surface area (Å²) in [6, 6.07) is 25.6. The van der Waals surface area contributed by atoms with E-state index in [2.05, 4.69) is 146 Å². The van der Waals surface area contributed by atoms with Crippen LogP contribution in [-0.4, -0.2) is 19.3 Å². The van der Waals surface area contributed by atoms with Crippen LogP contribution < -0.4 is 4.74 Å². The molecule has 3 aromatic heterocycles. The van der Waals surface area contributed by atoms with Gasteiger partial charge in [0.15, 0.2) is 0 Å². The van der Waals surface area contributed by atoms with Crippen LogP contribution in [-0.2, 0) is 0 Å². The zero-order chi connectivity index (χ0) is 33.9. The largest absolute Gasteiger partial charge is 0.457 e. The molecule has 0 amide bonds. The van der Waals surface area contributed by atoms with E-state index in [4.69, 9.17) is 14.8 Å². The second-order valence-electron chi connectivity index (χ2n) is 13.8. The molecule has 0 N–H and O–H groups in total. The predicted octanol–water partition coefficient (Wildman–Crippen LogP) is 11.6. The smallest absolute Gasteiger partial charge is 0.137 e. The Labute approximate surface area is 283 Å². The summed E-state index contributed by atoms with van der Waals surface area (Å²) in [5.41, 5.74) is 14.7. The average Bonchev–Trinajstić information content (AvgIpc) is 3.69. The lowest BCUT2D eigenvalue weighted by molar-refractivity contribution is 0.481. The SMILES string of the molecule is Cc1c(C)c(C)c(-c2cnn(-c3cc(Oc4ccc5c6ccccc6n(-c6cc(C(C)C)ccn6)c5c4)cc(C(C)C)c3)c2)c(C)c1C. The third-order valence-corrected chi connectivity index (χ3v) is 10.3. The van der Waals surface area contributed by atoms with Crippen molar-refractivity contribution in [2.45, 2.75) is 74.1 Å². The monoisotopic (exact) mass is 632 g/mol. The van der Waals surface area contributed by atoms with Crippen molar-refractivity contribution < 1.29 is 4.74 Å². The molecule has 0 unspecified atom stereocenters. The summed E-state index contributed by atoms with van der Waals surface area (Å²) < 4.78 is 10.9. The highest BCUT2D eigenvalue weighted by molar-refractivity contribution is 6.09. The fourth-order valence-electron chi connectivity index (χ4n) is 6.97. The first-order chi connectivity index (χ1) is 23.0. The summed E-state index contributed by atoms with van der Waals surface area (Å²) >= 11 is 0. The van der Waals surface area contributed by atoms with E-state index in [0.29, 0.717) is 11.8 Å². The van der Waals surface area contributed by atoms with Gasteiger partial charge in [0, 0.05) is 40.9 Å². The molecule has 0 fully saturated rings. The molecule has 0 aliphatic rings. The summed E-state index contributed by atoms with van der Waals surface area (Å²) in [7, 11) is 0. The Hall–Kier alpha value is -5.16. The Kier molecular flexibility index (Phi) is 7.95. The molecule has 0 spiro atoms. The van der Waals surface area contributed by atoms with Gasteiger partial charge in [-0.3, -0.25) is 4.57 Å². The molecule has 0 saturated carbocycles. The Morgan fingerprint density at radius 2 is 1.31 bits per heavy atom. The number of hydrogen-bond acceptors (Lipinski definition) is 3. The van der Waals surface area contributed by atoms with Crippen molar-refractivity contribution in [1.29, 1.82) is 0 Å². The van der Waals surface area contributed by atoms with Crippen molar-refractivity contribution in [3.05, 3.63) is 130 Å². The maximum absolute atomic E-state index is 6.69. The third-order valence-electron chi connectivity index (χ3n) is 10.3. The van der Waals surface area contributed by atoms with E-state index in [9.17, 15) is 0 Å². The van der Waals surface area contributed by atoms with Crippen molar-refractivity contribution >= 4 is 21.8 Å². The normalized spacial score (nSPS) is 11.8. The molecule has 4 aromatic carbocycles. The lowest BCUT2D eigenvalue weighted by Gasteiger charge is -2.17. The molecule has 3 heterocycles. The van der Waals surface area contributed by atoms with E-state index in [1.54, 1.807) is 0 Å². The fourth-order valence-corrected chi connectivity index (χ4v) is 6.97. The van der Waals surface area contributed by atoms with Crippen LogP contribution in [0.15, 0.2) is 91.4 Å².